The minimum absolute atomic E-state index is 0.280. The zero-order chi connectivity index (χ0) is 43.0. The fourth-order valence-corrected chi connectivity index (χ4v) is 8.40. The standard InChI is InChI=1S/C57H40N6O/c1-57(2)47-26-12-13-27-49(47)64-50-33-32-46(36-48(50)57)56-62-53(41-20-10-5-11-21-41)61-55(63-56)45-25-15-23-43(35-45)38-30-28-37(29-31-38)42-22-14-24-44(34-42)54-59-51(39-16-6-3-7-17-39)58-52(60-54)40-18-8-4-9-19-40/h3-36H,1-2H3. The molecule has 0 saturated carbocycles. The molecule has 304 valence electrons. The molecule has 1 aliphatic heterocycles. The van der Waals surface area contributed by atoms with Crippen molar-refractivity contribution in [3.63, 3.8) is 0 Å². The number of aromatic nitrogens is 6. The molecule has 0 fully saturated rings. The summed E-state index contributed by atoms with van der Waals surface area (Å²) < 4.78 is 6.38. The van der Waals surface area contributed by atoms with Crippen molar-refractivity contribution in [3.05, 3.63) is 217 Å². The zero-order valence-corrected chi connectivity index (χ0v) is 35.2. The molecular weight excluding hydrogens is 785 g/mol. The molecule has 0 aliphatic carbocycles. The number of benzene rings is 8. The first-order valence-corrected chi connectivity index (χ1v) is 21.4. The lowest BCUT2D eigenvalue weighted by Crippen LogP contribution is -2.24. The van der Waals surface area contributed by atoms with E-state index in [0.29, 0.717) is 34.9 Å². The molecule has 0 saturated heterocycles. The fourth-order valence-electron chi connectivity index (χ4n) is 8.40. The maximum absolute atomic E-state index is 6.38. The topological polar surface area (TPSA) is 86.6 Å². The van der Waals surface area contributed by atoms with Gasteiger partial charge < -0.3 is 4.74 Å². The molecular formula is C57H40N6O. The molecule has 11 rings (SSSR count). The molecule has 0 amide bonds. The van der Waals surface area contributed by atoms with Crippen molar-refractivity contribution in [2.24, 2.45) is 0 Å². The number of nitrogens with zero attached hydrogens (tertiary/aromatic N) is 6. The van der Waals surface area contributed by atoms with Crippen LogP contribution in [0.5, 0.6) is 11.5 Å². The third-order valence-electron chi connectivity index (χ3n) is 11.9. The second-order valence-corrected chi connectivity index (χ2v) is 16.4. The van der Waals surface area contributed by atoms with Crippen LogP contribution in [0.25, 0.3) is 90.6 Å². The Morgan fingerprint density at radius 2 is 0.594 bits per heavy atom. The number of fused-ring (bicyclic) bond motifs is 2. The predicted molar refractivity (Wildman–Crippen MR) is 255 cm³/mol. The van der Waals surface area contributed by atoms with E-state index in [-0.39, 0.29) is 5.41 Å². The lowest BCUT2D eigenvalue weighted by atomic mass is 9.75. The van der Waals surface area contributed by atoms with E-state index in [4.69, 9.17) is 34.6 Å². The molecule has 0 atom stereocenters. The maximum Gasteiger partial charge on any atom is 0.164 e. The molecule has 7 nitrogen and oxygen atoms in total. The van der Waals surface area contributed by atoms with E-state index in [1.54, 1.807) is 0 Å². The zero-order valence-electron chi connectivity index (χ0n) is 35.2. The Labute approximate surface area is 371 Å². The van der Waals surface area contributed by atoms with Gasteiger partial charge in [-0.1, -0.05) is 184 Å². The van der Waals surface area contributed by atoms with Crippen LogP contribution in [0.4, 0.5) is 0 Å². The molecule has 3 heterocycles. The van der Waals surface area contributed by atoms with Crippen LogP contribution < -0.4 is 4.74 Å². The molecule has 0 unspecified atom stereocenters. The largest absolute Gasteiger partial charge is 0.457 e. The van der Waals surface area contributed by atoms with E-state index in [2.05, 4.69) is 105 Å². The van der Waals surface area contributed by atoms with Crippen molar-refractivity contribution < 1.29 is 4.74 Å². The van der Waals surface area contributed by atoms with Crippen LogP contribution in [0.3, 0.4) is 0 Å². The summed E-state index contributed by atoms with van der Waals surface area (Å²) in [5.41, 5.74) is 11.7. The van der Waals surface area contributed by atoms with Gasteiger partial charge in [0.25, 0.3) is 0 Å². The van der Waals surface area contributed by atoms with E-state index in [1.807, 2.05) is 115 Å². The molecule has 0 radical (unpaired) electrons. The molecule has 0 spiro atoms. The molecule has 1 aliphatic rings. The summed E-state index contributed by atoms with van der Waals surface area (Å²) in [6, 6.07) is 70.1. The molecule has 0 bridgehead atoms. The highest BCUT2D eigenvalue weighted by Crippen LogP contribution is 2.48. The maximum atomic E-state index is 6.38. The lowest BCUT2D eigenvalue weighted by molar-refractivity contribution is 0.418. The van der Waals surface area contributed by atoms with Gasteiger partial charge in [0, 0.05) is 49.9 Å². The van der Waals surface area contributed by atoms with Crippen LogP contribution >= 0.6 is 0 Å². The second kappa shape index (κ2) is 16.1. The van der Waals surface area contributed by atoms with E-state index >= 15 is 0 Å². The van der Waals surface area contributed by atoms with Gasteiger partial charge >= 0.3 is 0 Å². The number of hydrogen-bond acceptors (Lipinski definition) is 7. The van der Waals surface area contributed by atoms with Crippen LogP contribution in [0, 0.1) is 0 Å². The molecule has 7 heteroatoms. The molecule has 0 N–H and O–H groups in total. The number of ether oxygens (including phenoxy) is 1. The van der Waals surface area contributed by atoms with Crippen molar-refractivity contribution in [2.45, 2.75) is 19.3 Å². The number of hydrogen-bond donors (Lipinski definition) is 0. The van der Waals surface area contributed by atoms with Crippen molar-refractivity contribution in [1.29, 1.82) is 0 Å². The third-order valence-corrected chi connectivity index (χ3v) is 11.9. The first-order valence-electron chi connectivity index (χ1n) is 21.4. The lowest BCUT2D eigenvalue weighted by Gasteiger charge is -2.34. The summed E-state index contributed by atoms with van der Waals surface area (Å²) in [5.74, 6) is 5.43. The average Bonchev–Trinajstić information content (AvgIpc) is 3.37. The Morgan fingerprint density at radius 1 is 0.266 bits per heavy atom. The average molecular weight is 825 g/mol. The summed E-state index contributed by atoms with van der Waals surface area (Å²) in [4.78, 5) is 30.0. The van der Waals surface area contributed by atoms with Gasteiger partial charge in [-0.3, -0.25) is 0 Å². The van der Waals surface area contributed by atoms with Crippen LogP contribution in [0.15, 0.2) is 206 Å². The van der Waals surface area contributed by atoms with Crippen molar-refractivity contribution in [1.82, 2.24) is 29.9 Å². The molecule has 2 aromatic heterocycles. The first-order chi connectivity index (χ1) is 31.4. The van der Waals surface area contributed by atoms with Crippen molar-refractivity contribution in [2.75, 3.05) is 0 Å². The Hall–Kier alpha value is -8.42. The predicted octanol–water partition coefficient (Wildman–Crippen LogP) is 13.8. The first kappa shape index (κ1) is 38.5. The normalized spacial score (nSPS) is 12.5. The highest BCUT2D eigenvalue weighted by Gasteiger charge is 2.34. The number of para-hydroxylation sites is 1. The van der Waals surface area contributed by atoms with Crippen LogP contribution in [-0.4, -0.2) is 29.9 Å². The minimum atomic E-state index is -0.280. The van der Waals surface area contributed by atoms with Gasteiger partial charge in [0.15, 0.2) is 34.9 Å². The summed E-state index contributed by atoms with van der Waals surface area (Å²) >= 11 is 0. The second-order valence-electron chi connectivity index (χ2n) is 16.4. The van der Waals surface area contributed by atoms with E-state index in [0.717, 1.165) is 78.3 Å². The Kier molecular flexibility index (Phi) is 9.70. The minimum Gasteiger partial charge on any atom is -0.457 e. The SMILES string of the molecule is CC1(C)c2ccccc2Oc2ccc(-c3nc(-c4ccccc4)nc(-c4cccc(-c5ccc(-c6cccc(-c7nc(-c8ccccc8)nc(-c8ccccc8)n7)c6)cc5)c4)n3)cc21. The van der Waals surface area contributed by atoms with Crippen LogP contribution in [0.1, 0.15) is 25.0 Å². The van der Waals surface area contributed by atoms with Crippen molar-refractivity contribution in [3.8, 4) is 102 Å². The van der Waals surface area contributed by atoms with E-state index in [9.17, 15) is 0 Å². The van der Waals surface area contributed by atoms with Gasteiger partial charge in [0.2, 0.25) is 0 Å². The van der Waals surface area contributed by atoms with E-state index < -0.39 is 0 Å². The van der Waals surface area contributed by atoms with Gasteiger partial charge in [-0.15, -0.1) is 0 Å². The molecule has 10 aromatic rings. The highest BCUT2D eigenvalue weighted by atomic mass is 16.5. The Bertz CT molecular complexity index is 3260. The van der Waals surface area contributed by atoms with Crippen molar-refractivity contribution >= 4 is 0 Å². The van der Waals surface area contributed by atoms with Crippen LogP contribution in [-0.2, 0) is 5.41 Å². The van der Waals surface area contributed by atoms with Gasteiger partial charge in [-0.2, -0.15) is 0 Å². The summed E-state index contributed by atoms with van der Waals surface area (Å²) in [6.45, 7) is 4.47. The highest BCUT2D eigenvalue weighted by molar-refractivity contribution is 5.77. The Morgan fingerprint density at radius 3 is 1.05 bits per heavy atom. The molecule has 8 aromatic carbocycles. The summed E-state index contributed by atoms with van der Waals surface area (Å²) in [6.07, 6.45) is 0. The summed E-state index contributed by atoms with van der Waals surface area (Å²) in [7, 11) is 0. The smallest absolute Gasteiger partial charge is 0.164 e. The summed E-state index contributed by atoms with van der Waals surface area (Å²) in [5, 5.41) is 0. The van der Waals surface area contributed by atoms with Gasteiger partial charge in [0.1, 0.15) is 11.5 Å². The monoisotopic (exact) mass is 824 g/mol. The van der Waals surface area contributed by atoms with Crippen LogP contribution in [0.2, 0.25) is 0 Å². The van der Waals surface area contributed by atoms with Gasteiger partial charge in [-0.25, -0.2) is 29.9 Å². The third kappa shape index (κ3) is 7.39. The van der Waals surface area contributed by atoms with Gasteiger partial charge in [-0.05, 0) is 58.7 Å². The van der Waals surface area contributed by atoms with Gasteiger partial charge in [0.05, 0.1) is 0 Å². The van der Waals surface area contributed by atoms with E-state index in [1.165, 1.54) is 0 Å². The Balaban J connectivity index is 0.919. The number of rotatable bonds is 8. The fraction of sp³-hybridized carbons (Fsp3) is 0.0526. The molecule has 64 heavy (non-hydrogen) atoms. The quantitative estimate of drug-likeness (QED) is 0.151.